The summed E-state index contributed by atoms with van der Waals surface area (Å²) in [5, 5.41) is 14.1. The van der Waals surface area contributed by atoms with Gasteiger partial charge in [-0.15, -0.1) is 0 Å². The molecule has 3 atom stereocenters. The number of nitro groups is 1. The number of carbonyl (C=O) groups is 3. The van der Waals surface area contributed by atoms with E-state index in [0.29, 0.717) is 17.0 Å². The highest BCUT2D eigenvalue weighted by Crippen LogP contribution is 2.40. The smallest absolute Gasteiger partial charge is 0.328 e. The van der Waals surface area contributed by atoms with Crippen LogP contribution < -0.4 is 5.32 Å². The normalized spacial score (nSPS) is 18.9. The topological polar surface area (TPSA) is 137 Å². The number of nitro benzene ring substituents is 1. The lowest BCUT2D eigenvalue weighted by Gasteiger charge is -2.32. The number of hydrogen-bond acceptors (Lipinski definition) is 8. The maximum atomic E-state index is 13.5. The predicted octanol–water partition coefficient (Wildman–Crippen LogP) is 2.92. The second kappa shape index (κ2) is 10.8. The largest absolute Gasteiger partial charge is 0.468 e. The summed E-state index contributed by atoms with van der Waals surface area (Å²) in [5.74, 6) is -3.95. The van der Waals surface area contributed by atoms with Crippen LogP contribution >= 0.6 is 0 Å². The maximum absolute atomic E-state index is 13.5. The fourth-order valence-electron chi connectivity index (χ4n) is 3.91. The minimum absolute atomic E-state index is 0.131. The number of non-ortho nitro benzene ring substituents is 1. The molecule has 1 unspecified atom stereocenters. The van der Waals surface area contributed by atoms with E-state index in [1.54, 1.807) is 40.7 Å². The van der Waals surface area contributed by atoms with Crippen LogP contribution in [0.1, 0.15) is 46.1 Å². The third-order valence-electron chi connectivity index (χ3n) is 5.46. The van der Waals surface area contributed by atoms with Gasteiger partial charge in [0, 0.05) is 35.0 Å². The number of methoxy groups -OCH3 is 1. The first-order valence-corrected chi connectivity index (χ1v) is 10.6. The predicted molar refractivity (Wildman–Crippen MR) is 121 cm³/mol. The Morgan fingerprint density at radius 3 is 2.45 bits per heavy atom. The van der Waals surface area contributed by atoms with Gasteiger partial charge in [-0.05, 0) is 32.3 Å². The summed E-state index contributed by atoms with van der Waals surface area (Å²) in [6.07, 6.45) is 0. The van der Waals surface area contributed by atoms with Crippen LogP contribution in [0, 0.1) is 22.0 Å². The van der Waals surface area contributed by atoms with E-state index in [2.05, 4.69) is 10.3 Å². The molecule has 2 rings (SSSR count). The minimum atomic E-state index is -0.971. The van der Waals surface area contributed by atoms with Crippen molar-refractivity contribution in [2.24, 2.45) is 16.8 Å². The molecule has 10 nitrogen and oxygen atoms in total. The van der Waals surface area contributed by atoms with Crippen molar-refractivity contribution >= 4 is 29.2 Å². The quantitative estimate of drug-likeness (QED) is 0.358. The zero-order valence-electron chi connectivity index (χ0n) is 19.6. The number of benzene rings is 1. The Hall–Kier alpha value is -3.56. The van der Waals surface area contributed by atoms with Gasteiger partial charge >= 0.3 is 11.9 Å². The van der Waals surface area contributed by atoms with Crippen molar-refractivity contribution in [3.8, 4) is 0 Å². The lowest BCUT2D eigenvalue weighted by Crippen LogP contribution is -2.48. The van der Waals surface area contributed by atoms with Crippen LogP contribution in [0.25, 0.3) is 0 Å². The number of allylic oxidation sites excluding steroid dienone is 1. The lowest BCUT2D eigenvalue weighted by atomic mass is 9.75. The molecule has 0 radical (unpaired) electrons. The average molecular weight is 459 g/mol. The van der Waals surface area contributed by atoms with Gasteiger partial charge < -0.3 is 14.8 Å². The molecule has 0 saturated heterocycles. The lowest BCUT2D eigenvalue weighted by molar-refractivity contribution is -0.384. The molecule has 178 valence electrons. The molecule has 1 aliphatic rings. The summed E-state index contributed by atoms with van der Waals surface area (Å²) in [5.41, 5.74) is 1.09. The molecule has 1 aromatic carbocycles. The number of ether oxygens (including phenoxy) is 2. The highest BCUT2D eigenvalue weighted by molar-refractivity contribution is 6.08. The summed E-state index contributed by atoms with van der Waals surface area (Å²) in [6.45, 7) is 8.61. The van der Waals surface area contributed by atoms with Gasteiger partial charge in [0.2, 0.25) is 5.91 Å². The summed E-state index contributed by atoms with van der Waals surface area (Å²) in [7, 11) is 1.22. The number of nitrogens with zero attached hydrogens (tertiary/aromatic N) is 2. The number of carbonyl (C=O) groups excluding carboxylic acids is 3. The van der Waals surface area contributed by atoms with Crippen LogP contribution in [0.15, 0.2) is 40.5 Å². The molecular formula is C23H29N3O7. The average Bonchev–Trinajstić information content (AvgIpc) is 2.76. The molecule has 0 bridgehead atoms. The van der Waals surface area contributed by atoms with E-state index in [4.69, 9.17) is 9.47 Å². The molecule has 0 aliphatic carbocycles. The molecule has 1 aliphatic heterocycles. The standard InChI is InChI=1S/C23H29N3O7/c1-7-33-23(29)20(12(2)3)25-21(27)17-13(4)24-14(5)18(22(28)32-6)19(17)15-9-8-10-16(11-15)26(30)31/h8-12,18-20H,7H2,1-6H3,(H,25,27)/t18?,19-,20+/m0/s1. The van der Waals surface area contributed by atoms with E-state index in [9.17, 15) is 24.5 Å². The Kier molecular flexibility index (Phi) is 8.44. The second-order valence-corrected chi connectivity index (χ2v) is 8.03. The van der Waals surface area contributed by atoms with E-state index in [-0.39, 0.29) is 23.8 Å². The first-order valence-electron chi connectivity index (χ1n) is 10.6. The van der Waals surface area contributed by atoms with Gasteiger partial charge in [-0.25, -0.2) is 4.79 Å². The van der Waals surface area contributed by atoms with Crippen LogP contribution in [-0.4, -0.2) is 48.2 Å². The SMILES string of the molecule is CCOC(=O)[C@H](NC(=O)C1=C(C)N=C(C)C(C(=O)OC)[C@H]1c1cccc([N+](=O)[O-])c1)C(C)C. The molecule has 0 aromatic heterocycles. The zero-order valence-corrected chi connectivity index (χ0v) is 19.6. The van der Waals surface area contributed by atoms with Crippen molar-refractivity contribution in [1.82, 2.24) is 5.32 Å². The molecule has 1 N–H and O–H groups in total. The van der Waals surface area contributed by atoms with E-state index < -0.39 is 40.6 Å². The molecule has 0 fully saturated rings. The summed E-state index contributed by atoms with van der Waals surface area (Å²) in [4.78, 5) is 53.8. The van der Waals surface area contributed by atoms with Crippen molar-refractivity contribution < 1.29 is 28.8 Å². The van der Waals surface area contributed by atoms with Crippen LogP contribution in [-0.2, 0) is 23.9 Å². The van der Waals surface area contributed by atoms with E-state index in [0.717, 1.165) is 0 Å². The van der Waals surface area contributed by atoms with Crippen molar-refractivity contribution in [3.63, 3.8) is 0 Å². The fourth-order valence-corrected chi connectivity index (χ4v) is 3.91. The molecule has 33 heavy (non-hydrogen) atoms. The van der Waals surface area contributed by atoms with Crippen molar-refractivity contribution in [3.05, 3.63) is 51.2 Å². The van der Waals surface area contributed by atoms with Crippen LogP contribution in [0.5, 0.6) is 0 Å². The Bertz CT molecular complexity index is 1010. The molecule has 0 spiro atoms. The highest BCUT2D eigenvalue weighted by atomic mass is 16.6. The van der Waals surface area contributed by atoms with E-state index in [1.807, 2.05) is 0 Å². The Morgan fingerprint density at radius 2 is 1.91 bits per heavy atom. The molecule has 0 saturated carbocycles. The molecule has 1 aromatic rings. The molecule has 10 heteroatoms. The Morgan fingerprint density at radius 1 is 1.24 bits per heavy atom. The molecule has 1 heterocycles. The first-order chi connectivity index (χ1) is 15.5. The molecular weight excluding hydrogens is 430 g/mol. The van der Waals surface area contributed by atoms with Gasteiger partial charge in [-0.3, -0.25) is 24.7 Å². The minimum Gasteiger partial charge on any atom is -0.468 e. The number of amides is 1. The summed E-state index contributed by atoms with van der Waals surface area (Å²) in [6, 6.07) is 4.82. The maximum Gasteiger partial charge on any atom is 0.328 e. The Labute approximate surface area is 192 Å². The number of nitrogens with one attached hydrogen (secondary N) is 1. The van der Waals surface area contributed by atoms with Crippen LogP contribution in [0.3, 0.4) is 0 Å². The van der Waals surface area contributed by atoms with E-state index >= 15 is 0 Å². The molecule has 1 amide bonds. The van der Waals surface area contributed by atoms with Gasteiger partial charge in [-0.1, -0.05) is 26.0 Å². The van der Waals surface area contributed by atoms with Crippen LogP contribution in [0.4, 0.5) is 5.69 Å². The third-order valence-corrected chi connectivity index (χ3v) is 5.46. The number of hydrogen-bond donors (Lipinski definition) is 1. The fraction of sp³-hybridized carbons (Fsp3) is 0.478. The van der Waals surface area contributed by atoms with Gasteiger partial charge in [0.05, 0.1) is 18.6 Å². The van der Waals surface area contributed by atoms with Gasteiger partial charge in [-0.2, -0.15) is 0 Å². The number of esters is 2. The van der Waals surface area contributed by atoms with Gasteiger partial charge in [0.25, 0.3) is 5.69 Å². The van der Waals surface area contributed by atoms with Gasteiger partial charge in [0.15, 0.2) is 0 Å². The van der Waals surface area contributed by atoms with Crippen LogP contribution in [0.2, 0.25) is 0 Å². The second-order valence-electron chi connectivity index (χ2n) is 8.03. The third kappa shape index (κ3) is 5.63. The van der Waals surface area contributed by atoms with Crippen molar-refractivity contribution in [2.75, 3.05) is 13.7 Å². The van der Waals surface area contributed by atoms with E-state index in [1.165, 1.54) is 25.3 Å². The van der Waals surface area contributed by atoms with Gasteiger partial charge in [0.1, 0.15) is 12.0 Å². The number of aliphatic imine (C=N–C) groups is 1. The number of rotatable bonds is 8. The monoisotopic (exact) mass is 459 g/mol. The van der Waals surface area contributed by atoms with Crippen molar-refractivity contribution in [2.45, 2.75) is 46.6 Å². The zero-order chi connectivity index (χ0) is 24.9. The highest BCUT2D eigenvalue weighted by Gasteiger charge is 2.42. The first kappa shape index (κ1) is 25.7. The Balaban J connectivity index is 2.62. The summed E-state index contributed by atoms with van der Waals surface area (Å²) < 4.78 is 10.0. The van der Waals surface area contributed by atoms with Crippen molar-refractivity contribution in [1.29, 1.82) is 0 Å². The summed E-state index contributed by atoms with van der Waals surface area (Å²) >= 11 is 0.